The van der Waals surface area contributed by atoms with Crippen molar-refractivity contribution < 1.29 is 18.4 Å². The van der Waals surface area contributed by atoms with Crippen molar-refractivity contribution in [1.29, 1.82) is 0 Å². The number of amidine groups is 1. The van der Waals surface area contributed by atoms with E-state index in [2.05, 4.69) is 26.4 Å². The highest BCUT2D eigenvalue weighted by Crippen LogP contribution is 2.33. The molecule has 4 nitrogen and oxygen atoms in total. The number of nitrogens with zero attached hydrogens (tertiary/aromatic N) is 1. The lowest BCUT2D eigenvalue weighted by Crippen LogP contribution is -2.17. The standard InChI is InChI=1S/C10H11BrF3N3O/c11-7-2-1-6(10(12,13)14)5-8(7)16-4-3-9(15)17-18/h1-2,5,16,18H,3-4H2,(H2,15,17). The van der Waals surface area contributed by atoms with E-state index in [1.54, 1.807) is 0 Å². The summed E-state index contributed by atoms with van der Waals surface area (Å²) in [5.74, 6) is 0.00518. The highest BCUT2D eigenvalue weighted by Gasteiger charge is 2.30. The lowest BCUT2D eigenvalue weighted by molar-refractivity contribution is -0.137. The summed E-state index contributed by atoms with van der Waals surface area (Å²) >= 11 is 3.14. The molecule has 0 aliphatic heterocycles. The molecule has 0 fully saturated rings. The zero-order valence-corrected chi connectivity index (χ0v) is 10.7. The van der Waals surface area contributed by atoms with Gasteiger partial charge in [-0.15, -0.1) is 0 Å². The first kappa shape index (κ1) is 14.6. The lowest BCUT2D eigenvalue weighted by atomic mass is 10.2. The summed E-state index contributed by atoms with van der Waals surface area (Å²) < 4.78 is 38.0. The topological polar surface area (TPSA) is 70.6 Å². The predicted molar refractivity (Wildman–Crippen MR) is 65.7 cm³/mol. The van der Waals surface area contributed by atoms with Crippen LogP contribution < -0.4 is 11.1 Å². The van der Waals surface area contributed by atoms with Crippen molar-refractivity contribution in [3.8, 4) is 0 Å². The van der Waals surface area contributed by atoms with Crippen LogP contribution in [0.2, 0.25) is 0 Å². The summed E-state index contributed by atoms with van der Waals surface area (Å²) in [5, 5.41) is 13.8. The van der Waals surface area contributed by atoms with E-state index in [0.29, 0.717) is 10.2 Å². The molecular formula is C10H11BrF3N3O. The molecule has 0 aromatic heterocycles. The van der Waals surface area contributed by atoms with Crippen molar-refractivity contribution in [2.45, 2.75) is 12.6 Å². The van der Waals surface area contributed by atoms with Gasteiger partial charge in [0.25, 0.3) is 0 Å². The Labute approximate surface area is 110 Å². The maximum atomic E-state index is 12.5. The molecule has 18 heavy (non-hydrogen) atoms. The highest BCUT2D eigenvalue weighted by molar-refractivity contribution is 9.10. The summed E-state index contributed by atoms with van der Waals surface area (Å²) in [7, 11) is 0. The Morgan fingerprint density at radius 3 is 2.67 bits per heavy atom. The minimum absolute atomic E-state index is 0.00518. The van der Waals surface area contributed by atoms with Crippen LogP contribution >= 0.6 is 15.9 Å². The molecule has 0 aliphatic carbocycles. The normalized spacial score (nSPS) is 12.6. The van der Waals surface area contributed by atoms with Gasteiger partial charge in [0, 0.05) is 23.1 Å². The van der Waals surface area contributed by atoms with Crippen molar-refractivity contribution in [2.75, 3.05) is 11.9 Å². The molecule has 0 aliphatic rings. The van der Waals surface area contributed by atoms with E-state index in [4.69, 9.17) is 10.9 Å². The van der Waals surface area contributed by atoms with E-state index in [0.717, 1.165) is 12.1 Å². The van der Waals surface area contributed by atoms with Crippen LogP contribution in [0.5, 0.6) is 0 Å². The molecule has 100 valence electrons. The van der Waals surface area contributed by atoms with Crippen LogP contribution in [0.1, 0.15) is 12.0 Å². The molecule has 0 saturated heterocycles. The Bertz CT molecular complexity index is 448. The van der Waals surface area contributed by atoms with Gasteiger partial charge in [0.1, 0.15) is 5.84 Å². The van der Waals surface area contributed by atoms with Gasteiger partial charge in [-0.25, -0.2) is 0 Å². The third kappa shape index (κ3) is 4.10. The molecule has 0 atom stereocenters. The van der Waals surface area contributed by atoms with Gasteiger partial charge in [-0.05, 0) is 34.1 Å². The second kappa shape index (κ2) is 5.94. The molecule has 8 heteroatoms. The molecule has 0 bridgehead atoms. The number of oxime groups is 1. The van der Waals surface area contributed by atoms with Crippen LogP contribution in [0.4, 0.5) is 18.9 Å². The second-order valence-corrected chi connectivity index (χ2v) is 4.31. The lowest BCUT2D eigenvalue weighted by Gasteiger charge is -2.12. The number of halogens is 4. The van der Waals surface area contributed by atoms with E-state index in [1.807, 2.05) is 0 Å². The van der Waals surface area contributed by atoms with Crippen LogP contribution in [0, 0.1) is 0 Å². The molecule has 1 aromatic carbocycles. The fourth-order valence-electron chi connectivity index (χ4n) is 1.21. The Morgan fingerprint density at radius 1 is 1.44 bits per heavy atom. The highest BCUT2D eigenvalue weighted by atomic mass is 79.9. The van der Waals surface area contributed by atoms with Crippen LogP contribution in [0.3, 0.4) is 0 Å². The molecule has 4 N–H and O–H groups in total. The zero-order valence-electron chi connectivity index (χ0n) is 9.13. The molecule has 0 heterocycles. The van der Waals surface area contributed by atoms with Crippen LogP contribution in [0.15, 0.2) is 27.8 Å². The van der Waals surface area contributed by atoms with Crippen LogP contribution in [-0.2, 0) is 6.18 Å². The zero-order chi connectivity index (χ0) is 13.8. The van der Waals surface area contributed by atoms with Gasteiger partial charge in [0.15, 0.2) is 0 Å². The molecule has 0 unspecified atom stereocenters. The largest absolute Gasteiger partial charge is 0.416 e. The number of rotatable bonds is 4. The van der Waals surface area contributed by atoms with Crippen molar-refractivity contribution in [3.05, 3.63) is 28.2 Å². The molecule has 0 radical (unpaired) electrons. The molecule has 0 spiro atoms. The predicted octanol–water partition coefficient (Wildman–Crippen LogP) is 3.02. The van der Waals surface area contributed by atoms with Crippen LogP contribution in [0.25, 0.3) is 0 Å². The monoisotopic (exact) mass is 325 g/mol. The SMILES string of the molecule is N/C(CCNc1cc(C(F)(F)F)ccc1Br)=N/O. The number of nitrogens with two attached hydrogens (primary N) is 1. The van der Waals surface area contributed by atoms with Gasteiger partial charge < -0.3 is 16.3 Å². The smallest absolute Gasteiger partial charge is 0.409 e. The minimum Gasteiger partial charge on any atom is -0.409 e. The minimum atomic E-state index is -4.39. The van der Waals surface area contributed by atoms with Crippen molar-refractivity contribution in [2.24, 2.45) is 10.9 Å². The number of alkyl halides is 3. The first-order valence-corrected chi connectivity index (χ1v) is 5.71. The van der Waals surface area contributed by atoms with E-state index in [-0.39, 0.29) is 18.8 Å². The number of nitrogens with one attached hydrogen (secondary N) is 1. The maximum absolute atomic E-state index is 12.5. The Balaban J connectivity index is 2.76. The molecule has 1 rings (SSSR count). The fraction of sp³-hybridized carbons (Fsp3) is 0.300. The van der Waals surface area contributed by atoms with Crippen molar-refractivity contribution in [1.82, 2.24) is 0 Å². The molecule has 1 aromatic rings. The van der Waals surface area contributed by atoms with Gasteiger partial charge in [0.2, 0.25) is 0 Å². The number of benzene rings is 1. The van der Waals surface area contributed by atoms with E-state index in [9.17, 15) is 13.2 Å². The average Bonchev–Trinajstić information content (AvgIpc) is 2.29. The van der Waals surface area contributed by atoms with Gasteiger partial charge in [0.05, 0.1) is 5.56 Å². The summed E-state index contributed by atoms with van der Waals surface area (Å²) in [5.41, 5.74) is 4.81. The summed E-state index contributed by atoms with van der Waals surface area (Å²) in [6, 6.07) is 3.30. The molecule has 0 amide bonds. The number of hydrogen-bond acceptors (Lipinski definition) is 3. The maximum Gasteiger partial charge on any atom is 0.416 e. The number of anilines is 1. The van der Waals surface area contributed by atoms with Gasteiger partial charge >= 0.3 is 6.18 Å². The van der Waals surface area contributed by atoms with E-state index >= 15 is 0 Å². The molecular weight excluding hydrogens is 315 g/mol. The second-order valence-electron chi connectivity index (χ2n) is 3.46. The first-order valence-electron chi connectivity index (χ1n) is 4.91. The van der Waals surface area contributed by atoms with Crippen molar-refractivity contribution >= 4 is 27.5 Å². The van der Waals surface area contributed by atoms with E-state index < -0.39 is 11.7 Å². The Morgan fingerprint density at radius 2 is 2.11 bits per heavy atom. The third-order valence-corrected chi connectivity index (χ3v) is 2.81. The average molecular weight is 326 g/mol. The van der Waals surface area contributed by atoms with Gasteiger partial charge in [-0.3, -0.25) is 0 Å². The summed E-state index contributed by atoms with van der Waals surface area (Å²) in [6.07, 6.45) is -4.16. The molecule has 0 saturated carbocycles. The van der Waals surface area contributed by atoms with Crippen molar-refractivity contribution in [3.63, 3.8) is 0 Å². The number of hydrogen-bond donors (Lipinski definition) is 3. The Kier molecular flexibility index (Phi) is 4.83. The quantitative estimate of drug-likeness (QED) is 0.345. The first-order chi connectivity index (χ1) is 8.34. The Hall–Kier alpha value is -1.44. The fourth-order valence-corrected chi connectivity index (χ4v) is 1.60. The van der Waals surface area contributed by atoms with E-state index in [1.165, 1.54) is 6.07 Å². The summed E-state index contributed by atoms with van der Waals surface area (Å²) in [6.45, 7) is 0.260. The third-order valence-electron chi connectivity index (χ3n) is 2.12. The van der Waals surface area contributed by atoms with Gasteiger partial charge in [-0.2, -0.15) is 13.2 Å². The van der Waals surface area contributed by atoms with Crippen LogP contribution in [-0.4, -0.2) is 17.6 Å². The summed E-state index contributed by atoms with van der Waals surface area (Å²) in [4.78, 5) is 0. The van der Waals surface area contributed by atoms with Gasteiger partial charge in [-0.1, -0.05) is 5.16 Å².